The highest BCUT2D eigenvalue weighted by Crippen LogP contribution is 2.14. The fourth-order valence-electron chi connectivity index (χ4n) is 2.15. The maximum Gasteiger partial charge on any atom is 0.509 e. The van der Waals surface area contributed by atoms with Gasteiger partial charge in [0.1, 0.15) is 0 Å². The van der Waals surface area contributed by atoms with E-state index in [4.69, 9.17) is 0 Å². The first-order valence-corrected chi connectivity index (χ1v) is 6.07. The van der Waals surface area contributed by atoms with Crippen LogP contribution in [-0.2, 0) is 0 Å². The zero-order chi connectivity index (χ0) is 13.2. The lowest BCUT2D eigenvalue weighted by molar-refractivity contribution is 0.0724. The van der Waals surface area contributed by atoms with Gasteiger partial charge in [0, 0.05) is 18.7 Å². The Morgan fingerprint density at radius 2 is 1.78 bits per heavy atom. The number of rotatable bonds is 2. The molecule has 0 radical (unpaired) electrons. The van der Waals surface area contributed by atoms with Gasteiger partial charge in [-0.2, -0.15) is 0 Å². The molecule has 1 aromatic carbocycles. The van der Waals surface area contributed by atoms with Crippen molar-refractivity contribution in [2.75, 3.05) is 13.1 Å². The van der Waals surface area contributed by atoms with Crippen LogP contribution >= 0.6 is 0 Å². The summed E-state index contributed by atoms with van der Waals surface area (Å²) in [5.41, 5.74) is -0.577. The number of hydrogen-bond donors (Lipinski definition) is 0. The molecule has 0 bridgehead atoms. The minimum atomic E-state index is -5.05. The van der Waals surface area contributed by atoms with Gasteiger partial charge in [-0.05, 0) is 25.3 Å². The molecule has 1 amide bonds. The van der Waals surface area contributed by atoms with Crippen molar-refractivity contribution < 1.29 is 17.7 Å². The van der Waals surface area contributed by atoms with Crippen LogP contribution in [0.2, 0.25) is 0 Å². The van der Waals surface area contributed by atoms with E-state index in [2.05, 4.69) is 0 Å². The van der Waals surface area contributed by atoms with Crippen LogP contribution in [0.25, 0.3) is 0 Å². The van der Waals surface area contributed by atoms with Crippen LogP contribution in [-0.4, -0.2) is 30.9 Å². The molecule has 98 valence electrons. The average Bonchev–Trinajstić information content (AvgIpc) is 2.38. The van der Waals surface area contributed by atoms with Crippen molar-refractivity contribution in [3.8, 4) is 0 Å². The summed E-state index contributed by atoms with van der Waals surface area (Å²) in [5, 5.41) is 0. The van der Waals surface area contributed by atoms with E-state index < -0.39 is 12.4 Å². The standard InChI is InChI=1S/C12H14BF3NO/c14-13(15,16)11-6-4-5-10(9-11)12(18)17-7-2-1-3-8-17/h4-6,9H,1-3,7-8H2/q-1. The molecule has 0 aliphatic carbocycles. The minimum absolute atomic E-state index is 0.133. The summed E-state index contributed by atoms with van der Waals surface area (Å²) in [6, 6.07) is 4.70. The van der Waals surface area contributed by atoms with Gasteiger partial charge in [-0.1, -0.05) is 18.2 Å². The summed E-state index contributed by atoms with van der Waals surface area (Å²) < 4.78 is 37.8. The highest BCUT2D eigenvalue weighted by Gasteiger charge is 2.27. The topological polar surface area (TPSA) is 20.3 Å². The van der Waals surface area contributed by atoms with E-state index in [9.17, 15) is 17.7 Å². The zero-order valence-corrected chi connectivity index (χ0v) is 9.91. The van der Waals surface area contributed by atoms with Gasteiger partial charge >= 0.3 is 6.98 Å². The molecule has 2 rings (SSSR count). The highest BCUT2D eigenvalue weighted by atomic mass is 19.4. The Balaban J connectivity index is 2.20. The zero-order valence-electron chi connectivity index (χ0n) is 9.91. The predicted octanol–water partition coefficient (Wildman–Crippen LogP) is 2.37. The third-order valence-electron chi connectivity index (χ3n) is 3.15. The van der Waals surface area contributed by atoms with E-state index in [0.29, 0.717) is 13.1 Å². The number of halogens is 3. The summed E-state index contributed by atoms with van der Waals surface area (Å²) in [6.07, 6.45) is 2.93. The molecule has 18 heavy (non-hydrogen) atoms. The van der Waals surface area contributed by atoms with Crippen LogP contribution < -0.4 is 5.46 Å². The van der Waals surface area contributed by atoms with E-state index >= 15 is 0 Å². The molecule has 0 saturated carbocycles. The number of carbonyl (C=O) groups is 1. The van der Waals surface area contributed by atoms with Crippen molar-refractivity contribution in [3.63, 3.8) is 0 Å². The number of amides is 1. The predicted molar refractivity (Wildman–Crippen MR) is 64.9 cm³/mol. The second kappa shape index (κ2) is 5.04. The lowest BCUT2D eigenvalue weighted by atomic mass is 9.79. The number of piperidine rings is 1. The first-order chi connectivity index (χ1) is 8.48. The molecule has 0 atom stereocenters. The molecular formula is C12H14BF3NO-. The molecule has 6 heteroatoms. The van der Waals surface area contributed by atoms with E-state index in [0.717, 1.165) is 31.4 Å². The number of hydrogen-bond acceptors (Lipinski definition) is 1. The Morgan fingerprint density at radius 3 is 2.39 bits per heavy atom. The van der Waals surface area contributed by atoms with Gasteiger partial charge in [0.25, 0.3) is 5.91 Å². The monoisotopic (exact) mass is 256 g/mol. The number of likely N-dealkylation sites (tertiary alicyclic amines) is 1. The normalized spacial score (nSPS) is 16.7. The molecule has 0 unspecified atom stereocenters. The molecule has 0 spiro atoms. The molecule has 0 N–H and O–H groups in total. The highest BCUT2D eigenvalue weighted by molar-refractivity contribution is 6.73. The second-order valence-electron chi connectivity index (χ2n) is 4.55. The minimum Gasteiger partial charge on any atom is -0.445 e. The van der Waals surface area contributed by atoms with Gasteiger partial charge < -0.3 is 17.8 Å². The molecule has 1 aromatic rings. The SMILES string of the molecule is O=C(c1cccc([B-](F)(F)F)c1)N1CCCCC1. The van der Waals surface area contributed by atoms with E-state index in [1.54, 1.807) is 4.90 Å². The maximum absolute atomic E-state index is 12.6. The molecule has 0 aromatic heterocycles. The van der Waals surface area contributed by atoms with Gasteiger partial charge in [0.15, 0.2) is 0 Å². The molecule has 1 aliphatic heterocycles. The maximum atomic E-state index is 12.6. The summed E-state index contributed by atoms with van der Waals surface area (Å²) in [5.74, 6) is -0.295. The van der Waals surface area contributed by atoms with Crippen molar-refractivity contribution in [1.82, 2.24) is 4.90 Å². The summed E-state index contributed by atoms with van der Waals surface area (Å²) in [4.78, 5) is 13.7. The van der Waals surface area contributed by atoms with E-state index in [1.807, 2.05) is 0 Å². The van der Waals surface area contributed by atoms with Crippen molar-refractivity contribution in [3.05, 3.63) is 29.8 Å². The summed E-state index contributed by atoms with van der Waals surface area (Å²) in [7, 11) is 0. The van der Waals surface area contributed by atoms with Gasteiger partial charge in [-0.25, -0.2) is 0 Å². The third-order valence-corrected chi connectivity index (χ3v) is 3.15. The van der Waals surface area contributed by atoms with E-state index in [1.165, 1.54) is 12.1 Å². The third kappa shape index (κ3) is 2.86. The Labute approximate surface area is 104 Å². The lowest BCUT2D eigenvalue weighted by Crippen LogP contribution is -2.38. The van der Waals surface area contributed by atoms with Gasteiger partial charge in [0.2, 0.25) is 0 Å². The Hall–Kier alpha value is -1.46. The largest absolute Gasteiger partial charge is 0.509 e. The van der Waals surface area contributed by atoms with Crippen LogP contribution in [0.15, 0.2) is 24.3 Å². The fourth-order valence-corrected chi connectivity index (χ4v) is 2.15. The van der Waals surface area contributed by atoms with Crippen molar-refractivity contribution in [2.24, 2.45) is 0 Å². The van der Waals surface area contributed by atoms with Crippen LogP contribution in [0.4, 0.5) is 12.9 Å². The molecule has 1 heterocycles. The number of nitrogens with zero attached hydrogens (tertiary/aromatic N) is 1. The Morgan fingerprint density at radius 1 is 1.11 bits per heavy atom. The van der Waals surface area contributed by atoms with Crippen LogP contribution in [0, 0.1) is 0 Å². The molecular weight excluding hydrogens is 242 g/mol. The molecule has 1 fully saturated rings. The molecule has 1 saturated heterocycles. The lowest BCUT2D eigenvalue weighted by Gasteiger charge is -2.27. The fraction of sp³-hybridized carbons (Fsp3) is 0.417. The first kappa shape index (κ1) is 13.0. The van der Waals surface area contributed by atoms with Crippen molar-refractivity contribution >= 4 is 18.3 Å². The molecule has 2 nitrogen and oxygen atoms in total. The van der Waals surface area contributed by atoms with Gasteiger partial charge in [0.05, 0.1) is 0 Å². The molecule has 1 aliphatic rings. The summed E-state index contributed by atoms with van der Waals surface area (Å²) >= 11 is 0. The first-order valence-electron chi connectivity index (χ1n) is 6.07. The quantitative estimate of drug-likeness (QED) is 0.744. The van der Waals surface area contributed by atoms with E-state index in [-0.39, 0.29) is 11.5 Å². The van der Waals surface area contributed by atoms with Crippen LogP contribution in [0.3, 0.4) is 0 Å². The average molecular weight is 256 g/mol. The number of benzene rings is 1. The van der Waals surface area contributed by atoms with Crippen molar-refractivity contribution in [1.29, 1.82) is 0 Å². The smallest absolute Gasteiger partial charge is 0.445 e. The second-order valence-corrected chi connectivity index (χ2v) is 4.55. The van der Waals surface area contributed by atoms with Gasteiger partial charge in [-0.15, -0.1) is 5.46 Å². The number of carbonyl (C=O) groups excluding carboxylic acids is 1. The van der Waals surface area contributed by atoms with Gasteiger partial charge in [-0.3, -0.25) is 4.79 Å². The van der Waals surface area contributed by atoms with Crippen LogP contribution in [0.1, 0.15) is 29.6 Å². The van der Waals surface area contributed by atoms with Crippen molar-refractivity contribution in [2.45, 2.75) is 19.3 Å². The Kier molecular flexibility index (Phi) is 3.64. The Bertz CT molecular complexity index is 441. The summed E-state index contributed by atoms with van der Waals surface area (Å²) in [6.45, 7) is -3.77. The van der Waals surface area contributed by atoms with Crippen LogP contribution in [0.5, 0.6) is 0 Å².